The first-order chi connectivity index (χ1) is 26.4. The lowest BCUT2D eigenvalue weighted by Crippen LogP contribution is -2.57. The van der Waals surface area contributed by atoms with Crippen molar-refractivity contribution in [3.8, 4) is 0 Å². The van der Waals surface area contributed by atoms with Gasteiger partial charge < -0.3 is 25.0 Å². The van der Waals surface area contributed by atoms with Gasteiger partial charge in [0.15, 0.2) is 0 Å². The number of benzene rings is 2. The first kappa shape index (κ1) is 40.9. The normalized spacial score (nSPS) is 26.1. The number of rotatable bonds is 6. The van der Waals surface area contributed by atoms with Crippen LogP contribution in [0.5, 0.6) is 0 Å². The second-order valence-corrected chi connectivity index (χ2v) is 16.8. The van der Waals surface area contributed by atoms with Crippen LogP contribution in [-0.4, -0.2) is 75.6 Å². The molecule has 2 aromatic carbocycles. The fourth-order valence-electron chi connectivity index (χ4n) is 7.45. The summed E-state index contributed by atoms with van der Waals surface area (Å²) in [7, 11) is 0. The predicted molar refractivity (Wildman–Crippen MR) is 200 cm³/mol. The Labute approximate surface area is 328 Å². The number of nitrogens with zero attached hydrogens (tertiary/aromatic N) is 2. The van der Waals surface area contributed by atoms with E-state index in [1.165, 1.54) is 34.1 Å². The van der Waals surface area contributed by atoms with Gasteiger partial charge in [0.05, 0.1) is 13.1 Å². The van der Waals surface area contributed by atoms with Crippen molar-refractivity contribution < 1.29 is 46.6 Å². The predicted octanol–water partition coefficient (Wildman–Crippen LogP) is 6.47. The number of nitrogens with one attached hydrogen (secondary N) is 3. The number of alkyl carbamates (subject to hydrolysis) is 1. The number of hydrogen-bond donors (Lipinski definition) is 3. The number of allylic oxidation sites excluding steroid dienone is 1. The molecule has 0 spiro atoms. The second-order valence-electron chi connectivity index (χ2n) is 15.9. The van der Waals surface area contributed by atoms with Crippen LogP contribution < -0.4 is 15.4 Å². The Morgan fingerprint density at radius 3 is 2.50 bits per heavy atom. The van der Waals surface area contributed by atoms with E-state index in [1.807, 2.05) is 12.2 Å². The van der Waals surface area contributed by atoms with E-state index >= 15 is 0 Å². The molecule has 3 N–H and O–H groups in total. The van der Waals surface area contributed by atoms with Gasteiger partial charge in [0.2, 0.25) is 11.8 Å². The first-order valence-electron chi connectivity index (χ1n) is 18.9. The van der Waals surface area contributed by atoms with Crippen molar-refractivity contribution in [2.75, 3.05) is 6.54 Å². The SMILES string of the molecule is CC(C)(C)OC(=O)N[C@H]1CCCCC/C=C\[C@@H]2C[C@@]2(C(=O)NSc2ccccc2C(C)(F)F)NC(=O)[C@@H]2C[C@@H](OC(=O)N3Cc4cccc(F)c4C3)CN2C1=O. The molecule has 3 aliphatic heterocycles. The minimum absolute atomic E-state index is 0.00702. The minimum Gasteiger partial charge on any atom is -0.444 e. The number of carbonyl (C=O) groups is 5. The fourth-order valence-corrected chi connectivity index (χ4v) is 8.34. The summed E-state index contributed by atoms with van der Waals surface area (Å²) in [6, 6.07) is 8.12. The Bertz CT molecular complexity index is 1880. The molecular formula is C40H48F3N5O7S. The summed E-state index contributed by atoms with van der Waals surface area (Å²) in [5.41, 5.74) is -1.53. The number of fused-ring (bicyclic) bond motifs is 3. The van der Waals surface area contributed by atoms with Crippen molar-refractivity contribution >= 4 is 41.9 Å². The van der Waals surface area contributed by atoms with Crippen LogP contribution in [0, 0.1) is 11.7 Å². The molecule has 4 aliphatic rings. The van der Waals surface area contributed by atoms with Crippen LogP contribution in [0.25, 0.3) is 0 Å². The Hall–Kier alpha value is -4.73. The smallest absolute Gasteiger partial charge is 0.410 e. The van der Waals surface area contributed by atoms with Gasteiger partial charge in [-0.1, -0.05) is 55.3 Å². The number of halogens is 3. The van der Waals surface area contributed by atoms with Crippen LogP contribution >= 0.6 is 11.9 Å². The fraction of sp³-hybridized carbons (Fsp3) is 0.525. The van der Waals surface area contributed by atoms with Gasteiger partial charge >= 0.3 is 12.2 Å². The Balaban J connectivity index is 1.25. The molecule has 2 fully saturated rings. The second kappa shape index (κ2) is 16.4. The third-order valence-corrected chi connectivity index (χ3v) is 11.3. The third-order valence-electron chi connectivity index (χ3n) is 10.4. The number of hydrogen-bond acceptors (Lipinski definition) is 8. The highest BCUT2D eigenvalue weighted by Crippen LogP contribution is 2.46. The molecule has 0 aromatic heterocycles. The zero-order valence-corrected chi connectivity index (χ0v) is 32.7. The van der Waals surface area contributed by atoms with Gasteiger partial charge in [0.25, 0.3) is 11.8 Å². The van der Waals surface area contributed by atoms with Gasteiger partial charge in [-0.25, -0.2) is 22.8 Å². The molecule has 5 atom stereocenters. The maximum absolute atomic E-state index is 14.5. The van der Waals surface area contributed by atoms with E-state index < -0.39 is 76.9 Å². The Morgan fingerprint density at radius 2 is 1.77 bits per heavy atom. The van der Waals surface area contributed by atoms with Crippen LogP contribution in [-0.2, 0) is 42.9 Å². The van der Waals surface area contributed by atoms with Crippen LogP contribution in [0.3, 0.4) is 0 Å². The average Bonchev–Trinajstić information content (AvgIpc) is 3.42. The summed E-state index contributed by atoms with van der Waals surface area (Å²) in [6.07, 6.45) is 4.36. The molecule has 3 heterocycles. The number of carbonyl (C=O) groups excluding carboxylic acids is 5. The molecule has 16 heteroatoms. The lowest BCUT2D eigenvalue weighted by molar-refractivity contribution is -0.141. The molecule has 56 heavy (non-hydrogen) atoms. The third kappa shape index (κ3) is 9.44. The Kier molecular flexibility index (Phi) is 12.0. The molecule has 1 aliphatic carbocycles. The van der Waals surface area contributed by atoms with Gasteiger partial charge in [-0.2, -0.15) is 0 Å². The molecule has 5 amide bonds. The zero-order chi connectivity index (χ0) is 40.4. The van der Waals surface area contributed by atoms with E-state index in [0.29, 0.717) is 24.0 Å². The summed E-state index contributed by atoms with van der Waals surface area (Å²) in [5, 5.41) is 5.56. The largest absolute Gasteiger partial charge is 0.444 e. The molecule has 2 aromatic rings. The van der Waals surface area contributed by atoms with Crippen molar-refractivity contribution in [2.45, 2.75) is 126 Å². The minimum atomic E-state index is -3.17. The van der Waals surface area contributed by atoms with Gasteiger partial charge in [0.1, 0.15) is 35.1 Å². The topological polar surface area (TPSA) is 146 Å². The highest BCUT2D eigenvalue weighted by molar-refractivity contribution is 7.98. The zero-order valence-electron chi connectivity index (χ0n) is 31.9. The van der Waals surface area contributed by atoms with Crippen molar-refractivity contribution in [2.24, 2.45) is 5.92 Å². The summed E-state index contributed by atoms with van der Waals surface area (Å²) in [6.45, 7) is 5.78. The Morgan fingerprint density at radius 1 is 1.00 bits per heavy atom. The monoisotopic (exact) mass is 799 g/mol. The van der Waals surface area contributed by atoms with E-state index in [0.717, 1.165) is 31.7 Å². The van der Waals surface area contributed by atoms with Crippen molar-refractivity contribution in [1.29, 1.82) is 0 Å². The van der Waals surface area contributed by atoms with E-state index in [-0.39, 0.29) is 49.4 Å². The van der Waals surface area contributed by atoms with Crippen LogP contribution in [0.4, 0.5) is 22.8 Å². The maximum atomic E-state index is 14.5. The summed E-state index contributed by atoms with van der Waals surface area (Å²) in [4.78, 5) is 71.8. The average molecular weight is 800 g/mol. The summed E-state index contributed by atoms with van der Waals surface area (Å²) < 4.78 is 57.2. The van der Waals surface area contributed by atoms with E-state index in [9.17, 15) is 37.1 Å². The lowest BCUT2D eigenvalue weighted by atomic mass is 10.0. The maximum Gasteiger partial charge on any atom is 0.410 e. The van der Waals surface area contributed by atoms with Crippen molar-refractivity contribution in [1.82, 2.24) is 25.2 Å². The molecule has 1 saturated carbocycles. The molecule has 0 bridgehead atoms. The highest BCUT2D eigenvalue weighted by atomic mass is 32.2. The van der Waals surface area contributed by atoms with Crippen LogP contribution in [0.2, 0.25) is 0 Å². The summed E-state index contributed by atoms with van der Waals surface area (Å²) in [5.74, 6) is -5.90. The molecular weight excluding hydrogens is 752 g/mol. The number of alkyl halides is 2. The highest BCUT2D eigenvalue weighted by Gasteiger charge is 2.61. The molecule has 12 nitrogen and oxygen atoms in total. The van der Waals surface area contributed by atoms with Crippen molar-refractivity contribution in [3.05, 3.63) is 77.1 Å². The van der Waals surface area contributed by atoms with Gasteiger partial charge in [0, 0.05) is 41.8 Å². The number of amides is 5. The standard InChI is InChI=1S/C40H48F3N5O7S/c1-38(2,3)55-36(52)44-30-17-9-7-5-6-8-14-25-20-40(25,35(51)46-56-32-18-11-10-15-28(32)39(4,42)43)45-33(49)31-19-26(22-48(31)34(30)50)54-37(53)47-21-24-13-12-16-29(41)27(24)23-47/h8,10-16,18,25-26,30-31H,5-7,9,17,19-23H2,1-4H3,(H,44,52)(H,45,49)(H,46,51)/b14-8-/t25-,26-,30+,31+,40-/m1/s1. The van der Waals surface area contributed by atoms with Crippen LogP contribution in [0.15, 0.2) is 59.5 Å². The molecule has 0 radical (unpaired) electrons. The van der Waals surface area contributed by atoms with Gasteiger partial charge in [-0.05, 0) is 76.1 Å². The van der Waals surface area contributed by atoms with Gasteiger partial charge in [-0.3, -0.25) is 24.0 Å². The molecule has 1 saturated heterocycles. The molecule has 0 unspecified atom stereocenters. The quantitative estimate of drug-likeness (QED) is 0.223. The summed E-state index contributed by atoms with van der Waals surface area (Å²) >= 11 is 0.728. The molecule has 6 rings (SSSR count). The van der Waals surface area contributed by atoms with E-state index in [1.54, 1.807) is 39.0 Å². The van der Waals surface area contributed by atoms with E-state index in [4.69, 9.17) is 9.47 Å². The van der Waals surface area contributed by atoms with E-state index in [2.05, 4.69) is 15.4 Å². The van der Waals surface area contributed by atoms with Crippen molar-refractivity contribution in [3.63, 3.8) is 0 Å². The van der Waals surface area contributed by atoms with Gasteiger partial charge in [-0.15, -0.1) is 0 Å². The number of ether oxygens (including phenoxy) is 2. The lowest BCUT2D eigenvalue weighted by Gasteiger charge is -2.30. The first-order valence-corrected chi connectivity index (χ1v) is 19.7. The van der Waals surface area contributed by atoms with Crippen LogP contribution in [0.1, 0.15) is 89.3 Å². The molecule has 302 valence electrons.